The quantitative estimate of drug-likeness (QED) is 0.783. The molecule has 106 valence electrons. The summed E-state index contributed by atoms with van der Waals surface area (Å²) in [6, 6.07) is 6.84. The highest BCUT2D eigenvalue weighted by atomic mass is 16.5. The number of hydrogen-bond acceptors (Lipinski definition) is 4. The van der Waals surface area contributed by atoms with Crippen LogP contribution in [0.5, 0.6) is 5.75 Å². The fraction of sp³-hybridized carbons (Fsp3) is 0.333. The van der Waals surface area contributed by atoms with Crippen molar-refractivity contribution >= 4 is 16.9 Å². The molecule has 1 aromatic carbocycles. The molecule has 0 aliphatic heterocycles. The standard InChI is InChI=1S/C15H17NO4/c1-3-20-11-4-5-12-13(10-11)16(8-6-14(12)17)9-7-15(18)19-2/h4-6,8,10H,3,7,9H2,1-2H3. The maximum atomic E-state index is 11.8. The summed E-state index contributed by atoms with van der Waals surface area (Å²) in [4.78, 5) is 23.1. The van der Waals surface area contributed by atoms with Crippen molar-refractivity contribution in [2.75, 3.05) is 13.7 Å². The second kappa shape index (κ2) is 6.23. The van der Waals surface area contributed by atoms with Crippen molar-refractivity contribution in [1.29, 1.82) is 0 Å². The maximum Gasteiger partial charge on any atom is 0.307 e. The Hall–Kier alpha value is -2.30. The number of nitrogens with zero attached hydrogens (tertiary/aromatic N) is 1. The van der Waals surface area contributed by atoms with Gasteiger partial charge in [0.05, 0.1) is 25.7 Å². The topological polar surface area (TPSA) is 57.5 Å². The molecule has 0 bridgehead atoms. The Morgan fingerprint density at radius 2 is 2.10 bits per heavy atom. The molecule has 0 N–H and O–H groups in total. The highest BCUT2D eigenvalue weighted by Gasteiger charge is 2.07. The molecule has 0 aliphatic rings. The van der Waals surface area contributed by atoms with E-state index in [0.717, 1.165) is 5.52 Å². The molecule has 0 saturated carbocycles. The van der Waals surface area contributed by atoms with Crippen LogP contribution in [0.25, 0.3) is 10.9 Å². The zero-order chi connectivity index (χ0) is 14.5. The number of fused-ring (bicyclic) bond motifs is 1. The number of carbonyl (C=O) groups is 1. The third-order valence-electron chi connectivity index (χ3n) is 3.05. The number of methoxy groups -OCH3 is 1. The molecule has 0 radical (unpaired) electrons. The van der Waals surface area contributed by atoms with Crippen LogP contribution in [0.15, 0.2) is 35.3 Å². The molecule has 0 atom stereocenters. The smallest absolute Gasteiger partial charge is 0.307 e. The molecular formula is C15H17NO4. The Balaban J connectivity index is 2.42. The van der Waals surface area contributed by atoms with Crippen LogP contribution in [-0.4, -0.2) is 24.3 Å². The molecule has 0 aliphatic carbocycles. The molecule has 1 aromatic heterocycles. The number of esters is 1. The predicted octanol–water partition coefficient (Wildman–Crippen LogP) is 1.96. The number of carbonyl (C=O) groups excluding carboxylic acids is 1. The summed E-state index contributed by atoms with van der Waals surface area (Å²) in [5.41, 5.74) is 0.713. The number of benzene rings is 1. The van der Waals surface area contributed by atoms with Crippen molar-refractivity contribution in [3.05, 3.63) is 40.7 Å². The summed E-state index contributed by atoms with van der Waals surface area (Å²) in [5, 5.41) is 0.612. The first-order valence-corrected chi connectivity index (χ1v) is 6.48. The van der Waals surface area contributed by atoms with Crippen LogP contribution in [0.2, 0.25) is 0 Å². The van der Waals surface area contributed by atoms with Crippen LogP contribution in [0, 0.1) is 0 Å². The lowest BCUT2D eigenvalue weighted by Gasteiger charge is -2.11. The zero-order valence-corrected chi connectivity index (χ0v) is 11.6. The van der Waals surface area contributed by atoms with E-state index in [1.165, 1.54) is 13.2 Å². The van der Waals surface area contributed by atoms with Crippen molar-refractivity contribution in [2.45, 2.75) is 19.9 Å². The monoisotopic (exact) mass is 275 g/mol. The van der Waals surface area contributed by atoms with E-state index in [1.807, 2.05) is 17.6 Å². The number of aromatic nitrogens is 1. The normalized spacial score (nSPS) is 10.5. The third-order valence-corrected chi connectivity index (χ3v) is 3.05. The molecule has 2 rings (SSSR count). The Morgan fingerprint density at radius 3 is 2.80 bits per heavy atom. The Morgan fingerprint density at radius 1 is 1.30 bits per heavy atom. The Bertz CT molecular complexity index is 675. The van der Waals surface area contributed by atoms with Gasteiger partial charge in [0.15, 0.2) is 5.43 Å². The number of hydrogen-bond donors (Lipinski definition) is 0. The summed E-state index contributed by atoms with van der Waals surface area (Å²) in [5.74, 6) is 0.426. The molecule has 0 spiro atoms. The fourth-order valence-electron chi connectivity index (χ4n) is 2.05. The van der Waals surface area contributed by atoms with Crippen LogP contribution < -0.4 is 10.2 Å². The number of ether oxygens (including phenoxy) is 2. The van der Waals surface area contributed by atoms with E-state index < -0.39 is 0 Å². The SMILES string of the molecule is CCOc1ccc2c(=O)ccn(CCC(=O)OC)c2c1. The van der Waals surface area contributed by atoms with Gasteiger partial charge in [-0.1, -0.05) is 0 Å². The van der Waals surface area contributed by atoms with Gasteiger partial charge in [-0.15, -0.1) is 0 Å². The first-order chi connectivity index (χ1) is 9.65. The van der Waals surface area contributed by atoms with Crippen LogP contribution in [-0.2, 0) is 16.1 Å². The molecule has 20 heavy (non-hydrogen) atoms. The van der Waals surface area contributed by atoms with Crippen LogP contribution in [0.4, 0.5) is 0 Å². The van der Waals surface area contributed by atoms with E-state index in [4.69, 9.17) is 4.74 Å². The molecule has 0 unspecified atom stereocenters. The van der Waals surface area contributed by atoms with Gasteiger partial charge in [0.1, 0.15) is 5.75 Å². The average Bonchev–Trinajstić information content (AvgIpc) is 2.46. The summed E-state index contributed by atoms with van der Waals surface area (Å²) in [7, 11) is 1.36. The molecule has 2 aromatic rings. The molecule has 5 nitrogen and oxygen atoms in total. The lowest BCUT2D eigenvalue weighted by atomic mass is 10.2. The minimum absolute atomic E-state index is 0.0441. The summed E-state index contributed by atoms with van der Waals surface area (Å²) in [6.45, 7) is 2.92. The summed E-state index contributed by atoms with van der Waals surface area (Å²) in [6.07, 6.45) is 1.94. The van der Waals surface area contributed by atoms with E-state index >= 15 is 0 Å². The average molecular weight is 275 g/mol. The van der Waals surface area contributed by atoms with Gasteiger partial charge in [-0.3, -0.25) is 9.59 Å². The van der Waals surface area contributed by atoms with E-state index in [1.54, 1.807) is 18.3 Å². The van der Waals surface area contributed by atoms with Crippen LogP contribution in [0.1, 0.15) is 13.3 Å². The van der Waals surface area contributed by atoms with Crippen molar-refractivity contribution < 1.29 is 14.3 Å². The highest BCUT2D eigenvalue weighted by Crippen LogP contribution is 2.19. The van der Waals surface area contributed by atoms with Crippen molar-refractivity contribution in [1.82, 2.24) is 4.57 Å². The van der Waals surface area contributed by atoms with Gasteiger partial charge in [-0.2, -0.15) is 0 Å². The third kappa shape index (κ3) is 2.99. The highest BCUT2D eigenvalue weighted by molar-refractivity contribution is 5.80. The van der Waals surface area contributed by atoms with Crippen LogP contribution >= 0.6 is 0 Å². The number of rotatable bonds is 5. The van der Waals surface area contributed by atoms with Crippen LogP contribution in [0.3, 0.4) is 0 Å². The van der Waals surface area contributed by atoms with Gasteiger partial charge in [0.25, 0.3) is 0 Å². The summed E-state index contributed by atoms with van der Waals surface area (Å²) >= 11 is 0. The lowest BCUT2D eigenvalue weighted by molar-refractivity contribution is -0.140. The van der Waals surface area contributed by atoms with E-state index in [2.05, 4.69) is 4.74 Å². The van der Waals surface area contributed by atoms with Gasteiger partial charge < -0.3 is 14.0 Å². The van der Waals surface area contributed by atoms with Crippen molar-refractivity contribution in [3.8, 4) is 5.75 Å². The largest absolute Gasteiger partial charge is 0.494 e. The van der Waals surface area contributed by atoms with Gasteiger partial charge >= 0.3 is 5.97 Å². The fourth-order valence-corrected chi connectivity index (χ4v) is 2.05. The minimum Gasteiger partial charge on any atom is -0.494 e. The minimum atomic E-state index is -0.280. The summed E-state index contributed by atoms with van der Waals surface area (Å²) < 4.78 is 11.9. The molecule has 0 fully saturated rings. The van der Waals surface area contributed by atoms with Crippen molar-refractivity contribution in [2.24, 2.45) is 0 Å². The number of aryl methyl sites for hydroxylation is 1. The molecule has 1 heterocycles. The zero-order valence-electron chi connectivity index (χ0n) is 11.6. The first kappa shape index (κ1) is 14.1. The van der Waals surface area contributed by atoms with E-state index in [0.29, 0.717) is 24.3 Å². The van der Waals surface area contributed by atoms with E-state index in [9.17, 15) is 9.59 Å². The lowest BCUT2D eigenvalue weighted by Crippen LogP contribution is -2.11. The Kier molecular flexibility index (Phi) is 4.40. The van der Waals surface area contributed by atoms with Crippen molar-refractivity contribution in [3.63, 3.8) is 0 Å². The molecule has 0 amide bonds. The Labute approximate surface area is 116 Å². The second-order valence-electron chi connectivity index (χ2n) is 4.31. The van der Waals surface area contributed by atoms with Gasteiger partial charge in [0, 0.05) is 30.3 Å². The predicted molar refractivity (Wildman–Crippen MR) is 76.0 cm³/mol. The van der Waals surface area contributed by atoms with Gasteiger partial charge in [-0.25, -0.2) is 0 Å². The maximum absolute atomic E-state index is 11.8. The second-order valence-corrected chi connectivity index (χ2v) is 4.31. The van der Waals surface area contributed by atoms with E-state index in [-0.39, 0.29) is 17.8 Å². The number of pyridine rings is 1. The molecular weight excluding hydrogens is 258 g/mol. The first-order valence-electron chi connectivity index (χ1n) is 6.48. The van der Waals surface area contributed by atoms with Gasteiger partial charge in [0.2, 0.25) is 0 Å². The van der Waals surface area contributed by atoms with Gasteiger partial charge in [-0.05, 0) is 19.1 Å². The molecule has 0 saturated heterocycles. The molecule has 5 heteroatoms.